The minimum absolute atomic E-state index is 0.193. The zero-order valence-electron chi connectivity index (χ0n) is 14.6. The Morgan fingerprint density at radius 2 is 1.80 bits per heavy atom. The predicted molar refractivity (Wildman–Crippen MR) is 101 cm³/mol. The highest BCUT2D eigenvalue weighted by Crippen LogP contribution is 2.31. The average molecular weight is 337 g/mol. The number of benzene rings is 2. The molecule has 1 aliphatic rings. The van der Waals surface area contributed by atoms with Crippen LogP contribution in [-0.2, 0) is 6.42 Å². The van der Waals surface area contributed by atoms with Gasteiger partial charge in [-0.15, -0.1) is 0 Å². The number of rotatable bonds is 4. The van der Waals surface area contributed by atoms with E-state index in [2.05, 4.69) is 40.0 Å². The number of halogens is 1. The third-order valence-electron chi connectivity index (χ3n) is 5.20. The van der Waals surface area contributed by atoms with Gasteiger partial charge >= 0.3 is 0 Å². The number of H-pyrrole nitrogens is 1. The normalized spacial score (nSPS) is 16.6. The number of nitrogens with one attached hydrogen (secondary N) is 1. The number of piperazine rings is 1. The molecule has 25 heavy (non-hydrogen) atoms. The topological polar surface area (TPSA) is 22.3 Å². The van der Waals surface area contributed by atoms with Crippen LogP contribution in [0, 0.1) is 5.82 Å². The van der Waals surface area contributed by atoms with E-state index < -0.39 is 0 Å². The van der Waals surface area contributed by atoms with Crippen LogP contribution < -0.4 is 0 Å². The molecule has 3 aromatic rings. The summed E-state index contributed by atoms with van der Waals surface area (Å²) in [6, 6.07) is 15.2. The van der Waals surface area contributed by atoms with Gasteiger partial charge in [-0.1, -0.05) is 30.3 Å². The Labute approximate surface area is 148 Å². The maximum absolute atomic E-state index is 13.7. The maximum Gasteiger partial charge on any atom is 0.123 e. The first kappa shape index (κ1) is 16.3. The fourth-order valence-electron chi connectivity index (χ4n) is 3.69. The molecular weight excluding hydrogens is 313 g/mol. The third kappa shape index (κ3) is 3.46. The summed E-state index contributed by atoms with van der Waals surface area (Å²) in [5.74, 6) is -0.193. The molecule has 2 heterocycles. The van der Waals surface area contributed by atoms with E-state index in [9.17, 15) is 4.39 Å². The molecule has 2 aromatic carbocycles. The molecule has 0 radical (unpaired) electrons. The van der Waals surface area contributed by atoms with Crippen molar-refractivity contribution < 1.29 is 4.39 Å². The number of fused-ring (bicyclic) bond motifs is 1. The standard InChI is InChI=1S/C21H24FN3/c1-24-11-13-25(14-12-24)10-9-19-18-7-2-3-8-20(18)23-21(19)16-5-4-6-17(22)15-16/h2-8,15,23H,9-14H2,1H3. The summed E-state index contributed by atoms with van der Waals surface area (Å²) in [6.45, 7) is 5.54. The first-order chi connectivity index (χ1) is 12.2. The lowest BCUT2D eigenvalue weighted by atomic mass is 10.0. The summed E-state index contributed by atoms with van der Waals surface area (Å²) >= 11 is 0. The lowest BCUT2D eigenvalue weighted by molar-refractivity contribution is 0.155. The summed E-state index contributed by atoms with van der Waals surface area (Å²) in [4.78, 5) is 8.41. The highest BCUT2D eigenvalue weighted by atomic mass is 19.1. The second-order valence-corrected chi connectivity index (χ2v) is 6.93. The van der Waals surface area contributed by atoms with Crippen LogP contribution in [-0.4, -0.2) is 54.6 Å². The Morgan fingerprint density at radius 1 is 1.00 bits per heavy atom. The van der Waals surface area contributed by atoms with Crippen molar-refractivity contribution in [3.05, 3.63) is 59.9 Å². The average Bonchev–Trinajstić information content (AvgIpc) is 3.00. The van der Waals surface area contributed by atoms with Crippen LogP contribution in [0.3, 0.4) is 0 Å². The molecule has 0 atom stereocenters. The third-order valence-corrected chi connectivity index (χ3v) is 5.20. The van der Waals surface area contributed by atoms with Gasteiger partial charge in [-0.3, -0.25) is 0 Å². The molecule has 0 amide bonds. The van der Waals surface area contributed by atoms with E-state index in [1.54, 1.807) is 12.1 Å². The van der Waals surface area contributed by atoms with Gasteiger partial charge in [-0.25, -0.2) is 4.39 Å². The van der Waals surface area contributed by atoms with Crippen molar-refractivity contribution >= 4 is 10.9 Å². The van der Waals surface area contributed by atoms with Gasteiger partial charge in [0.25, 0.3) is 0 Å². The quantitative estimate of drug-likeness (QED) is 0.783. The second-order valence-electron chi connectivity index (χ2n) is 6.93. The molecule has 0 aliphatic carbocycles. The largest absolute Gasteiger partial charge is 0.354 e. The molecule has 1 N–H and O–H groups in total. The summed E-state index contributed by atoms with van der Waals surface area (Å²) in [7, 11) is 2.18. The highest BCUT2D eigenvalue weighted by molar-refractivity contribution is 5.90. The second kappa shape index (κ2) is 6.98. The zero-order valence-corrected chi connectivity index (χ0v) is 14.6. The molecule has 1 aliphatic heterocycles. The van der Waals surface area contributed by atoms with Crippen LogP contribution >= 0.6 is 0 Å². The summed E-state index contributed by atoms with van der Waals surface area (Å²) < 4.78 is 13.7. The fourth-order valence-corrected chi connectivity index (χ4v) is 3.69. The monoisotopic (exact) mass is 337 g/mol. The van der Waals surface area contributed by atoms with Crippen molar-refractivity contribution in [3.8, 4) is 11.3 Å². The molecule has 1 aromatic heterocycles. The lowest BCUT2D eigenvalue weighted by Crippen LogP contribution is -2.45. The smallest absolute Gasteiger partial charge is 0.123 e. The lowest BCUT2D eigenvalue weighted by Gasteiger charge is -2.32. The Morgan fingerprint density at radius 3 is 2.60 bits per heavy atom. The van der Waals surface area contributed by atoms with Gasteiger partial charge in [0.2, 0.25) is 0 Å². The summed E-state index contributed by atoms with van der Waals surface area (Å²) in [5, 5.41) is 1.25. The molecule has 0 bridgehead atoms. The van der Waals surface area contributed by atoms with Crippen LogP contribution in [0.1, 0.15) is 5.56 Å². The Kier molecular flexibility index (Phi) is 4.55. The van der Waals surface area contributed by atoms with Gasteiger partial charge in [0.05, 0.1) is 0 Å². The SMILES string of the molecule is CN1CCN(CCc2c(-c3cccc(F)c3)[nH]c3ccccc23)CC1. The highest BCUT2D eigenvalue weighted by Gasteiger charge is 2.17. The molecule has 4 heteroatoms. The molecule has 0 unspecified atom stereocenters. The van der Waals surface area contributed by atoms with E-state index in [1.165, 1.54) is 17.0 Å². The van der Waals surface area contributed by atoms with Gasteiger partial charge in [0.15, 0.2) is 0 Å². The Bertz CT molecular complexity index is 862. The van der Waals surface area contributed by atoms with Gasteiger partial charge < -0.3 is 14.8 Å². The Balaban J connectivity index is 1.65. The van der Waals surface area contributed by atoms with Crippen LogP contribution in [0.25, 0.3) is 22.2 Å². The number of hydrogen-bond donors (Lipinski definition) is 1. The van der Waals surface area contributed by atoms with E-state index in [4.69, 9.17) is 0 Å². The maximum atomic E-state index is 13.7. The van der Waals surface area contributed by atoms with Crippen molar-refractivity contribution in [1.29, 1.82) is 0 Å². The first-order valence-corrected chi connectivity index (χ1v) is 8.97. The number of aromatic amines is 1. The summed E-state index contributed by atoms with van der Waals surface area (Å²) in [5.41, 5.74) is 4.38. The predicted octanol–water partition coefficient (Wildman–Crippen LogP) is 3.76. The van der Waals surface area contributed by atoms with E-state index in [-0.39, 0.29) is 5.82 Å². The molecule has 0 saturated carbocycles. The van der Waals surface area contributed by atoms with Crippen molar-refractivity contribution in [2.45, 2.75) is 6.42 Å². The molecule has 1 fully saturated rings. The number of aromatic nitrogens is 1. The van der Waals surface area contributed by atoms with Crippen molar-refractivity contribution in [3.63, 3.8) is 0 Å². The van der Waals surface area contributed by atoms with E-state index in [0.717, 1.165) is 55.9 Å². The molecule has 130 valence electrons. The van der Waals surface area contributed by atoms with Gasteiger partial charge in [0, 0.05) is 54.9 Å². The molecule has 0 spiro atoms. The molecular formula is C21H24FN3. The van der Waals surface area contributed by atoms with Crippen LogP contribution in [0.5, 0.6) is 0 Å². The van der Waals surface area contributed by atoms with E-state index in [1.807, 2.05) is 12.1 Å². The van der Waals surface area contributed by atoms with Crippen molar-refractivity contribution in [2.75, 3.05) is 39.8 Å². The first-order valence-electron chi connectivity index (χ1n) is 8.97. The van der Waals surface area contributed by atoms with Crippen LogP contribution in [0.4, 0.5) is 4.39 Å². The minimum Gasteiger partial charge on any atom is -0.354 e. The van der Waals surface area contributed by atoms with Crippen molar-refractivity contribution in [1.82, 2.24) is 14.8 Å². The number of hydrogen-bond acceptors (Lipinski definition) is 2. The zero-order chi connectivity index (χ0) is 17.2. The van der Waals surface area contributed by atoms with Gasteiger partial charge in [-0.2, -0.15) is 0 Å². The molecule has 1 saturated heterocycles. The number of nitrogens with zero attached hydrogens (tertiary/aromatic N) is 2. The number of para-hydroxylation sites is 1. The van der Waals surface area contributed by atoms with E-state index >= 15 is 0 Å². The van der Waals surface area contributed by atoms with Crippen molar-refractivity contribution in [2.24, 2.45) is 0 Å². The van der Waals surface area contributed by atoms with Crippen LogP contribution in [0.2, 0.25) is 0 Å². The Hall–Kier alpha value is -2.17. The summed E-state index contributed by atoms with van der Waals surface area (Å²) in [6.07, 6.45) is 0.972. The minimum atomic E-state index is -0.193. The fraction of sp³-hybridized carbons (Fsp3) is 0.333. The molecule has 3 nitrogen and oxygen atoms in total. The van der Waals surface area contributed by atoms with Gasteiger partial charge in [0.1, 0.15) is 5.82 Å². The van der Waals surface area contributed by atoms with Crippen LogP contribution in [0.15, 0.2) is 48.5 Å². The van der Waals surface area contributed by atoms with E-state index in [0.29, 0.717) is 0 Å². The van der Waals surface area contributed by atoms with Gasteiger partial charge in [-0.05, 0) is 37.2 Å². The molecule has 4 rings (SSSR count). The number of likely N-dealkylation sites (N-methyl/N-ethyl adjacent to an activating group) is 1.